The molecule has 1 saturated heterocycles. The molecule has 0 saturated carbocycles. The summed E-state index contributed by atoms with van der Waals surface area (Å²) < 4.78 is 28.0. The number of piperidine rings is 1. The van der Waals surface area contributed by atoms with Crippen molar-refractivity contribution in [3.8, 4) is 0 Å². The van der Waals surface area contributed by atoms with Crippen LogP contribution in [0.25, 0.3) is 0 Å². The molecule has 1 fully saturated rings. The fourth-order valence-corrected chi connectivity index (χ4v) is 4.23. The van der Waals surface area contributed by atoms with Gasteiger partial charge in [0.05, 0.1) is 0 Å². The minimum absolute atomic E-state index is 0.342. The fraction of sp³-hybridized carbons (Fsp3) is 0.571. The third kappa shape index (κ3) is 4.33. The first-order valence-corrected chi connectivity index (χ1v) is 9.26. The van der Waals surface area contributed by atoms with Gasteiger partial charge >= 0.3 is 0 Å². The first-order valence-electron chi connectivity index (χ1n) is 6.95. The van der Waals surface area contributed by atoms with Gasteiger partial charge in [-0.05, 0) is 36.5 Å². The van der Waals surface area contributed by atoms with Crippen LogP contribution in [0, 0.1) is 5.92 Å². The summed E-state index contributed by atoms with van der Waals surface area (Å²) >= 11 is 11.7. The van der Waals surface area contributed by atoms with Crippen LogP contribution >= 0.6 is 23.2 Å². The lowest BCUT2D eigenvalue weighted by atomic mass is 10.0. The van der Waals surface area contributed by atoms with Gasteiger partial charge in [0.1, 0.15) is 0 Å². The van der Waals surface area contributed by atoms with Gasteiger partial charge in [0.25, 0.3) is 10.2 Å². The molecule has 7 heteroatoms. The van der Waals surface area contributed by atoms with Crippen molar-refractivity contribution in [3.63, 3.8) is 0 Å². The van der Waals surface area contributed by atoms with Crippen molar-refractivity contribution in [2.24, 2.45) is 5.92 Å². The molecule has 0 N–H and O–H groups in total. The van der Waals surface area contributed by atoms with Crippen molar-refractivity contribution in [1.29, 1.82) is 0 Å². The summed E-state index contributed by atoms with van der Waals surface area (Å²) in [7, 11) is -1.80. The van der Waals surface area contributed by atoms with Crippen molar-refractivity contribution in [2.45, 2.75) is 19.4 Å². The van der Waals surface area contributed by atoms with E-state index in [0.29, 0.717) is 36.5 Å². The van der Waals surface area contributed by atoms with E-state index in [1.54, 1.807) is 23.5 Å². The maximum absolute atomic E-state index is 12.5. The maximum Gasteiger partial charge on any atom is 0.282 e. The van der Waals surface area contributed by atoms with Crippen LogP contribution < -0.4 is 0 Å². The third-order valence-electron chi connectivity index (χ3n) is 3.83. The second-order valence-electron chi connectivity index (χ2n) is 5.39. The molecule has 0 bridgehead atoms. The van der Waals surface area contributed by atoms with Gasteiger partial charge in [0.2, 0.25) is 0 Å². The number of alkyl halides is 1. The van der Waals surface area contributed by atoms with E-state index in [-0.39, 0.29) is 0 Å². The first kappa shape index (κ1) is 17.0. The van der Waals surface area contributed by atoms with Gasteiger partial charge < -0.3 is 0 Å². The third-order valence-corrected chi connectivity index (χ3v) is 6.45. The molecule has 1 heterocycles. The van der Waals surface area contributed by atoms with E-state index < -0.39 is 10.2 Å². The summed E-state index contributed by atoms with van der Waals surface area (Å²) in [5.41, 5.74) is 0.918. The average molecular weight is 351 g/mol. The highest BCUT2D eigenvalue weighted by Gasteiger charge is 2.30. The predicted molar refractivity (Wildman–Crippen MR) is 86.9 cm³/mol. The van der Waals surface area contributed by atoms with Crippen LogP contribution in [0.2, 0.25) is 5.02 Å². The van der Waals surface area contributed by atoms with Crippen LogP contribution in [-0.4, -0.2) is 43.0 Å². The Morgan fingerprint density at radius 2 is 1.81 bits per heavy atom. The fourth-order valence-electron chi connectivity index (χ4n) is 2.42. The quantitative estimate of drug-likeness (QED) is 0.766. The summed E-state index contributed by atoms with van der Waals surface area (Å²) in [4.78, 5) is 0. The Morgan fingerprint density at radius 1 is 1.24 bits per heavy atom. The maximum atomic E-state index is 12.5. The summed E-state index contributed by atoms with van der Waals surface area (Å²) in [5, 5.41) is 0.646. The van der Waals surface area contributed by atoms with Gasteiger partial charge in [-0.15, -0.1) is 11.6 Å². The monoisotopic (exact) mass is 350 g/mol. The highest BCUT2D eigenvalue weighted by molar-refractivity contribution is 7.86. The summed E-state index contributed by atoms with van der Waals surface area (Å²) in [5.74, 6) is 1.04. The zero-order valence-corrected chi connectivity index (χ0v) is 14.3. The number of rotatable bonds is 5. The molecule has 0 aliphatic carbocycles. The molecule has 1 aromatic carbocycles. The van der Waals surface area contributed by atoms with Gasteiger partial charge in [-0.2, -0.15) is 17.0 Å². The highest BCUT2D eigenvalue weighted by atomic mass is 35.5. The molecule has 1 aliphatic rings. The van der Waals surface area contributed by atoms with E-state index in [2.05, 4.69) is 0 Å². The molecule has 0 radical (unpaired) electrons. The SMILES string of the molecule is CN(Cc1ccc(Cl)cc1)S(=O)(=O)N1CCC(CCl)CC1. The van der Waals surface area contributed by atoms with E-state index in [1.165, 1.54) is 4.31 Å². The topological polar surface area (TPSA) is 40.6 Å². The van der Waals surface area contributed by atoms with Crippen molar-refractivity contribution < 1.29 is 8.42 Å². The standard InChI is InChI=1S/C14H20Cl2N2O2S/c1-17(11-13-2-4-14(16)5-3-13)21(19,20)18-8-6-12(10-15)7-9-18/h2-5,12H,6-11H2,1H3. The smallest absolute Gasteiger partial charge is 0.195 e. The highest BCUT2D eigenvalue weighted by Crippen LogP contribution is 2.22. The number of nitrogens with zero attached hydrogens (tertiary/aromatic N) is 2. The summed E-state index contributed by atoms with van der Waals surface area (Å²) in [6.07, 6.45) is 1.66. The molecular formula is C14H20Cl2N2O2S. The molecule has 0 aromatic heterocycles. The Balaban J connectivity index is 2.00. The largest absolute Gasteiger partial charge is 0.282 e. The van der Waals surface area contributed by atoms with E-state index in [9.17, 15) is 8.42 Å². The second kappa shape index (κ2) is 7.29. The Hall–Kier alpha value is -0.330. The molecule has 21 heavy (non-hydrogen) atoms. The summed E-state index contributed by atoms with van der Waals surface area (Å²) in [6.45, 7) is 1.43. The summed E-state index contributed by atoms with van der Waals surface area (Å²) in [6, 6.07) is 7.22. The molecule has 1 aliphatic heterocycles. The normalized spacial score (nSPS) is 18.3. The lowest BCUT2D eigenvalue weighted by molar-refractivity contribution is 0.271. The molecule has 0 amide bonds. The molecule has 118 valence electrons. The molecule has 2 rings (SSSR count). The van der Waals surface area contributed by atoms with E-state index in [4.69, 9.17) is 23.2 Å². The van der Waals surface area contributed by atoms with E-state index >= 15 is 0 Å². The molecular weight excluding hydrogens is 331 g/mol. The van der Waals surface area contributed by atoms with E-state index in [1.807, 2.05) is 12.1 Å². The van der Waals surface area contributed by atoms with Gasteiger partial charge in [-0.3, -0.25) is 0 Å². The van der Waals surface area contributed by atoms with Gasteiger partial charge in [0, 0.05) is 37.6 Å². The van der Waals surface area contributed by atoms with Crippen LogP contribution in [-0.2, 0) is 16.8 Å². The Bertz CT molecular complexity index is 555. The van der Waals surface area contributed by atoms with Crippen LogP contribution in [0.3, 0.4) is 0 Å². The van der Waals surface area contributed by atoms with Crippen molar-refractivity contribution in [3.05, 3.63) is 34.9 Å². The van der Waals surface area contributed by atoms with Crippen molar-refractivity contribution in [1.82, 2.24) is 8.61 Å². The number of benzene rings is 1. The van der Waals surface area contributed by atoms with Gasteiger partial charge in [-0.1, -0.05) is 23.7 Å². The first-order chi connectivity index (χ1) is 9.93. The minimum atomic E-state index is -3.41. The number of hydrogen-bond acceptors (Lipinski definition) is 2. The lowest BCUT2D eigenvalue weighted by Crippen LogP contribution is -2.45. The van der Waals surface area contributed by atoms with Crippen molar-refractivity contribution >= 4 is 33.4 Å². The predicted octanol–water partition coefficient (Wildman–Crippen LogP) is 2.97. The van der Waals surface area contributed by atoms with E-state index in [0.717, 1.165) is 18.4 Å². The van der Waals surface area contributed by atoms with Crippen molar-refractivity contribution in [2.75, 3.05) is 26.0 Å². The average Bonchev–Trinajstić information content (AvgIpc) is 2.49. The van der Waals surface area contributed by atoms with Gasteiger partial charge in [0.15, 0.2) is 0 Å². The molecule has 1 aromatic rings. The number of halogens is 2. The molecule has 0 unspecified atom stereocenters. The van der Waals surface area contributed by atoms with Crippen LogP contribution in [0.1, 0.15) is 18.4 Å². The number of hydrogen-bond donors (Lipinski definition) is 0. The Morgan fingerprint density at radius 3 is 2.33 bits per heavy atom. The molecule has 0 spiro atoms. The van der Waals surface area contributed by atoms with Crippen LogP contribution in [0.15, 0.2) is 24.3 Å². The van der Waals surface area contributed by atoms with Crippen LogP contribution in [0.5, 0.6) is 0 Å². The lowest BCUT2D eigenvalue weighted by Gasteiger charge is -2.33. The molecule has 0 atom stereocenters. The molecule has 4 nitrogen and oxygen atoms in total. The Labute approximate surface area is 136 Å². The zero-order chi connectivity index (χ0) is 15.5. The minimum Gasteiger partial charge on any atom is -0.195 e. The second-order valence-corrected chi connectivity index (χ2v) is 8.17. The van der Waals surface area contributed by atoms with Gasteiger partial charge in [-0.25, -0.2) is 0 Å². The Kier molecular flexibility index (Phi) is 5.91. The zero-order valence-electron chi connectivity index (χ0n) is 12.0. The van der Waals surface area contributed by atoms with Crippen LogP contribution in [0.4, 0.5) is 0 Å².